The highest BCUT2D eigenvalue weighted by molar-refractivity contribution is 5.24. The standard InChI is InChI=1S/C17H21F2N/c18-13-1-2-15(19)14(8-13)17(20)16-11-4-9-3-10(6-11)7-12(16)5-9/h1-2,8-12,16-17H,3-7,20H2. The van der Waals surface area contributed by atoms with Crippen LogP contribution in [-0.4, -0.2) is 0 Å². The molecule has 4 aliphatic carbocycles. The second kappa shape index (κ2) is 4.52. The van der Waals surface area contributed by atoms with E-state index in [1.165, 1.54) is 50.3 Å². The molecule has 0 aliphatic heterocycles. The first-order valence-corrected chi connectivity index (χ1v) is 7.82. The molecule has 0 amide bonds. The van der Waals surface area contributed by atoms with Gasteiger partial charge in [-0.1, -0.05) is 0 Å². The molecule has 20 heavy (non-hydrogen) atoms. The van der Waals surface area contributed by atoms with Gasteiger partial charge in [0.1, 0.15) is 11.6 Å². The minimum absolute atomic E-state index is 0.346. The Morgan fingerprint density at radius 2 is 1.55 bits per heavy atom. The highest BCUT2D eigenvalue weighted by atomic mass is 19.1. The molecule has 1 aromatic rings. The lowest BCUT2D eigenvalue weighted by Gasteiger charge is -2.56. The molecule has 4 bridgehead atoms. The molecule has 2 N–H and O–H groups in total. The van der Waals surface area contributed by atoms with Crippen LogP contribution in [0.25, 0.3) is 0 Å². The molecular formula is C17H21F2N. The fraction of sp³-hybridized carbons (Fsp3) is 0.647. The van der Waals surface area contributed by atoms with E-state index in [1.807, 2.05) is 0 Å². The van der Waals surface area contributed by atoms with Crippen molar-refractivity contribution in [1.29, 1.82) is 0 Å². The summed E-state index contributed by atoms with van der Waals surface area (Å²) >= 11 is 0. The minimum Gasteiger partial charge on any atom is -0.324 e. The van der Waals surface area contributed by atoms with E-state index in [1.54, 1.807) is 0 Å². The van der Waals surface area contributed by atoms with Gasteiger partial charge in [0.25, 0.3) is 0 Å². The fourth-order valence-corrected chi connectivity index (χ4v) is 5.53. The van der Waals surface area contributed by atoms with Crippen LogP contribution in [0, 0.1) is 41.2 Å². The smallest absolute Gasteiger partial charge is 0.128 e. The molecule has 1 atom stereocenters. The third kappa shape index (κ3) is 1.90. The molecule has 1 nitrogen and oxygen atoms in total. The van der Waals surface area contributed by atoms with Gasteiger partial charge in [0, 0.05) is 11.6 Å². The van der Waals surface area contributed by atoms with Crippen molar-refractivity contribution >= 4 is 0 Å². The van der Waals surface area contributed by atoms with Crippen LogP contribution in [-0.2, 0) is 0 Å². The number of hydrogen-bond donors (Lipinski definition) is 1. The van der Waals surface area contributed by atoms with E-state index in [4.69, 9.17) is 5.73 Å². The van der Waals surface area contributed by atoms with Crippen molar-refractivity contribution in [1.82, 2.24) is 0 Å². The maximum absolute atomic E-state index is 14.0. The zero-order valence-electron chi connectivity index (χ0n) is 11.6. The predicted octanol–water partition coefficient (Wildman–Crippen LogP) is 4.04. The van der Waals surface area contributed by atoms with Crippen molar-refractivity contribution in [3.05, 3.63) is 35.4 Å². The Kier molecular flexibility index (Phi) is 2.88. The van der Waals surface area contributed by atoms with Crippen LogP contribution in [0.4, 0.5) is 8.78 Å². The summed E-state index contributed by atoms with van der Waals surface area (Å²) < 4.78 is 27.4. The molecule has 0 spiro atoms. The maximum atomic E-state index is 14.0. The van der Waals surface area contributed by atoms with Crippen molar-refractivity contribution in [2.75, 3.05) is 0 Å². The van der Waals surface area contributed by atoms with E-state index in [9.17, 15) is 8.78 Å². The van der Waals surface area contributed by atoms with Gasteiger partial charge in [0.2, 0.25) is 0 Å². The Bertz CT molecular complexity index is 500. The highest BCUT2D eigenvalue weighted by Crippen LogP contribution is 2.59. The number of rotatable bonds is 2. The van der Waals surface area contributed by atoms with Crippen LogP contribution >= 0.6 is 0 Å². The van der Waals surface area contributed by atoms with Crippen LogP contribution in [0.2, 0.25) is 0 Å². The predicted molar refractivity (Wildman–Crippen MR) is 73.8 cm³/mol. The first-order chi connectivity index (χ1) is 9.61. The van der Waals surface area contributed by atoms with Crippen LogP contribution in [0.3, 0.4) is 0 Å². The summed E-state index contributed by atoms with van der Waals surface area (Å²) in [5.41, 5.74) is 6.76. The molecule has 0 saturated heterocycles. The largest absolute Gasteiger partial charge is 0.324 e. The number of benzene rings is 1. The number of nitrogens with two attached hydrogens (primary N) is 1. The summed E-state index contributed by atoms with van der Waals surface area (Å²) in [5, 5.41) is 0. The van der Waals surface area contributed by atoms with Crippen molar-refractivity contribution in [2.45, 2.75) is 38.1 Å². The molecule has 1 unspecified atom stereocenters. The zero-order chi connectivity index (χ0) is 13.9. The average Bonchev–Trinajstić information content (AvgIpc) is 2.40. The first kappa shape index (κ1) is 12.8. The van der Waals surface area contributed by atoms with Gasteiger partial charge in [0.05, 0.1) is 0 Å². The molecule has 108 valence electrons. The average molecular weight is 277 g/mol. The van der Waals surface area contributed by atoms with Gasteiger partial charge in [-0.05, 0) is 79.9 Å². The number of hydrogen-bond acceptors (Lipinski definition) is 1. The van der Waals surface area contributed by atoms with Crippen LogP contribution < -0.4 is 5.73 Å². The topological polar surface area (TPSA) is 26.0 Å². The molecule has 4 saturated carbocycles. The van der Waals surface area contributed by atoms with E-state index in [2.05, 4.69) is 0 Å². The Morgan fingerprint density at radius 1 is 0.950 bits per heavy atom. The molecule has 0 heterocycles. The number of halogens is 2. The second-order valence-corrected chi connectivity index (χ2v) is 7.20. The summed E-state index contributed by atoms with van der Waals surface area (Å²) in [6.45, 7) is 0. The lowest BCUT2D eigenvalue weighted by atomic mass is 9.50. The van der Waals surface area contributed by atoms with Crippen molar-refractivity contribution in [2.24, 2.45) is 35.3 Å². The highest BCUT2D eigenvalue weighted by Gasteiger charge is 2.50. The Hall–Kier alpha value is -0.960. The molecule has 3 heteroatoms. The first-order valence-electron chi connectivity index (χ1n) is 7.82. The SMILES string of the molecule is NC(c1cc(F)ccc1F)C1C2CC3CC(C2)CC1C3. The molecule has 1 aromatic carbocycles. The quantitative estimate of drug-likeness (QED) is 0.867. The third-order valence-electron chi connectivity index (χ3n) is 6.03. The zero-order valence-corrected chi connectivity index (χ0v) is 11.6. The lowest BCUT2D eigenvalue weighted by Crippen LogP contribution is -2.48. The molecule has 4 aliphatic rings. The lowest BCUT2D eigenvalue weighted by molar-refractivity contribution is -0.0475. The van der Waals surface area contributed by atoms with Crippen molar-refractivity contribution < 1.29 is 8.78 Å². The van der Waals surface area contributed by atoms with E-state index in [0.29, 0.717) is 23.3 Å². The minimum atomic E-state index is -0.388. The monoisotopic (exact) mass is 277 g/mol. The van der Waals surface area contributed by atoms with Gasteiger partial charge >= 0.3 is 0 Å². The molecule has 4 fully saturated rings. The van der Waals surface area contributed by atoms with Gasteiger partial charge in [-0.3, -0.25) is 0 Å². The molecule has 0 radical (unpaired) electrons. The molecule has 0 aromatic heterocycles. The Labute approximate surface area is 118 Å². The van der Waals surface area contributed by atoms with Gasteiger partial charge in [0.15, 0.2) is 0 Å². The second-order valence-electron chi connectivity index (χ2n) is 7.20. The van der Waals surface area contributed by atoms with Gasteiger partial charge in [-0.15, -0.1) is 0 Å². The summed E-state index contributed by atoms with van der Waals surface area (Å²) in [6, 6.07) is 3.33. The van der Waals surface area contributed by atoms with Crippen molar-refractivity contribution in [3.8, 4) is 0 Å². The van der Waals surface area contributed by atoms with Crippen LogP contribution in [0.15, 0.2) is 18.2 Å². The fourth-order valence-electron chi connectivity index (χ4n) is 5.53. The van der Waals surface area contributed by atoms with Crippen molar-refractivity contribution in [3.63, 3.8) is 0 Å². The van der Waals surface area contributed by atoms with Gasteiger partial charge < -0.3 is 5.73 Å². The third-order valence-corrected chi connectivity index (χ3v) is 6.03. The summed E-state index contributed by atoms with van der Waals surface area (Å²) in [4.78, 5) is 0. The molecular weight excluding hydrogens is 256 g/mol. The van der Waals surface area contributed by atoms with Crippen LogP contribution in [0.1, 0.15) is 43.7 Å². The Morgan fingerprint density at radius 3 is 2.15 bits per heavy atom. The normalized spacial score (nSPS) is 40.0. The van der Waals surface area contributed by atoms with Gasteiger partial charge in [-0.25, -0.2) is 8.78 Å². The van der Waals surface area contributed by atoms with Gasteiger partial charge in [-0.2, -0.15) is 0 Å². The summed E-state index contributed by atoms with van der Waals surface area (Å²) in [5.74, 6) is 2.61. The Balaban J connectivity index is 1.65. The van der Waals surface area contributed by atoms with E-state index in [-0.39, 0.29) is 17.7 Å². The van der Waals surface area contributed by atoms with Crippen LogP contribution in [0.5, 0.6) is 0 Å². The van der Waals surface area contributed by atoms with E-state index in [0.717, 1.165) is 11.8 Å². The summed E-state index contributed by atoms with van der Waals surface area (Å²) in [6.07, 6.45) is 6.40. The maximum Gasteiger partial charge on any atom is 0.128 e. The summed E-state index contributed by atoms with van der Waals surface area (Å²) in [7, 11) is 0. The van der Waals surface area contributed by atoms with E-state index < -0.39 is 0 Å². The van der Waals surface area contributed by atoms with E-state index >= 15 is 0 Å². The molecule has 5 rings (SSSR count).